The molecule has 9 heteroatoms. The minimum atomic E-state index is -0.351. The van der Waals surface area contributed by atoms with Crippen LogP contribution in [0, 0.1) is 0 Å². The third-order valence-corrected chi connectivity index (χ3v) is 6.05. The fraction of sp³-hybridized carbons (Fsp3) is 0.348. The standard InChI is InChI=1S/C23H26ClN5O3/c1-3-27(2)18-8-10-28(14-18)21-7-6-20(23(31)26-21)29-11-9-19(12-22(29)30)32-15-17-5-4-16(24)13-25-17/h4-7,9,11-13,18H,3,8,10,14-15H2,1-2H3,(H,26,31). The van der Waals surface area contributed by atoms with Gasteiger partial charge in [-0.15, -0.1) is 0 Å². The second kappa shape index (κ2) is 9.58. The van der Waals surface area contributed by atoms with Gasteiger partial charge in [-0.05, 0) is 50.3 Å². The number of halogens is 1. The van der Waals surface area contributed by atoms with Gasteiger partial charge < -0.3 is 19.5 Å². The number of hydrogen-bond acceptors (Lipinski definition) is 6. The van der Waals surface area contributed by atoms with Crippen LogP contribution in [-0.2, 0) is 6.61 Å². The number of nitrogens with one attached hydrogen (secondary N) is 1. The van der Waals surface area contributed by atoms with E-state index in [1.165, 1.54) is 10.6 Å². The van der Waals surface area contributed by atoms with Crippen LogP contribution in [0.1, 0.15) is 19.0 Å². The third-order valence-electron chi connectivity index (χ3n) is 5.83. The molecule has 1 fully saturated rings. The maximum Gasteiger partial charge on any atom is 0.273 e. The van der Waals surface area contributed by atoms with Crippen molar-refractivity contribution in [2.45, 2.75) is 26.0 Å². The van der Waals surface area contributed by atoms with Crippen LogP contribution in [0.3, 0.4) is 0 Å². The Balaban J connectivity index is 1.47. The number of pyridine rings is 3. The molecule has 8 nitrogen and oxygen atoms in total. The summed E-state index contributed by atoms with van der Waals surface area (Å²) in [5, 5.41) is 0.547. The van der Waals surface area contributed by atoms with Gasteiger partial charge in [0.25, 0.3) is 11.1 Å². The maximum atomic E-state index is 12.7. The number of anilines is 1. The van der Waals surface area contributed by atoms with E-state index >= 15 is 0 Å². The van der Waals surface area contributed by atoms with Gasteiger partial charge in [-0.2, -0.15) is 0 Å². The number of hydrogen-bond donors (Lipinski definition) is 1. The molecule has 3 aromatic rings. The molecule has 1 N–H and O–H groups in total. The lowest BCUT2D eigenvalue weighted by Gasteiger charge is -2.23. The molecule has 4 heterocycles. The van der Waals surface area contributed by atoms with Crippen LogP contribution in [0.25, 0.3) is 5.69 Å². The van der Waals surface area contributed by atoms with Gasteiger partial charge in [0.2, 0.25) is 0 Å². The topological polar surface area (TPSA) is 83.5 Å². The summed E-state index contributed by atoms with van der Waals surface area (Å²) in [6.07, 6.45) is 4.14. The molecule has 0 amide bonds. The average Bonchev–Trinajstić information content (AvgIpc) is 3.29. The summed E-state index contributed by atoms with van der Waals surface area (Å²) in [7, 11) is 2.12. The van der Waals surface area contributed by atoms with Gasteiger partial charge in [0.1, 0.15) is 23.9 Å². The van der Waals surface area contributed by atoms with E-state index in [4.69, 9.17) is 16.3 Å². The Bertz CT molecular complexity index is 1190. The first kappa shape index (κ1) is 22.1. The zero-order chi connectivity index (χ0) is 22.7. The number of nitrogens with zero attached hydrogens (tertiary/aromatic N) is 4. The van der Waals surface area contributed by atoms with Crippen molar-refractivity contribution < 1.29 is 4.74 Å². The zero-order valence-electron chi connectivity index (χ0n) is 18.1. The van der Waals surface area contributed by atoms with Gasteiger partial charge >= 0.3 is 0 Å². The fourth-order valence-corrected chi connectivity index (χ4v) is 3.92. The van der Waals surface area contributed by atoms with Crippen LogP contribution < -0.4 is 20.8 Å². The van der Waals surface area contributed by atoms with Gasteiger partial charge in [0.15, 0.2) is 0 Å². The Morgan fingerprint density at radius 2 is 2.09 bits per heavy atom. The van der Waals surface area contributed by atoms with Crippen LogP contribution >= 0.6 is 11.6 Å². The van der Waals surface area contributed by atoms with Crippen molar-refractivity contribution in [1.82, 2.24) is 19.4 Å². The summed E-state index contributed by atoms with van der Waals surface area (Å²) >= 11 is 5.83. The zero-order valence-corrected chi connectivity index (χ0v) is 18.9. The van der Waals surface area contributed by atoms with E-state index in [0.29, 0.717) is 22.5 Å². The second-order valence-corrected chi connectivity index (χ2v) is 8.28. The maximum absolute atomic E-state index is 12.7. The molecule has 1 aliphatic heterocycles. The monoisotopic (exact) mass is 455 g/mol. The summed E-state index contributed by atoms with van der Waals surface area (Å²) in [5.41, 5.74) is 0.303. The van der Waals surface area contributed by atoms with E-state index in [2.05, 4.69) is 33.7 Å². The van der Waals surface area contributed by atoms with E-state index in [1.807, 2.05) is 6.07 Å². The summed E-state index contributed by atoms with van der Waals surface area (Å²) < 4.78 is 6.96. The Kier molecular flexibility index (Phi) is 6.62. The average molecular weight is 456 g/mol. The second-order valence-electron chi connectivity index (χ2n) is 7.85. The SMILES string of the molecule is CCN(C)C1CCN(c2ccc(-n3ccc(OCc4ccc(Cl)cn4)cc3=O)c(=O)[nH]2)C1. The third kappa shape index (κ3) is 4.87. The van der Waals surface area contributed by atoms with E-state index in [-0.39, 0.29) is 23.4 Å². The smallest absolute Gasteiger partial charge is 0.273 e. The number of aromatic amines is 1. The predicted molar refractivity (Wildman–Crippen MR) is 125 cm³/mol. The lowest BCUT2D eigenvalue weighted by molar-refractivity contribution is 0.272. The van der Waals surface area contributed by atoms with Crippen LogP contribution in [0.15, 0.2) is 58.4 Å². The van der Waals surface area contributed by atoms with Gasteiger partial charge in [-0.25, -0.2) is 0 Å². The van der Waals surface area contributed by atoms with Crippen molar-refractivity contribution in [2.75, 3.05) is 31.6 Å². The molecule has 4 rings (SSSR count). The molecule has 0 radical (unpaired) electrons. The molecular formula is C23H26ClN5O3. The quantitative estimate of drug-likeness (QED) is 0.589. The lowest BCUT2D eigenvalue weighted by Crippen LogP contribution is -2.35. The Morgan fingerprint density at radius 3 is 2.78 bits per heavy atom. The minimum absolute atomic E-state index is 0.208. The molecule has 0 bridgehead atoms. The highest BCUT2D eigenvalue weighted by Gasteiger charge is 2.25. The number of rotatable bonds is 7. The van der Waals surface area contributed by atoms with Crippen molar-refractivity contribution in [3.63, 3.8) is 0 Å². The largest absolute Gasteiger partial charge is 0.487 e. The normalized spacial score (nSPS) is 16.0. The first-order valence-electron chi connectivity index (χ1n) is 10.6. The van der Waals surface area contributed by atoms with Crippen molar-refractivity contribution in [3.05, 3.63) is 80.2 Å². The van der Waals surface area contributed by atoms with Gasteiger partial charge in [0, 0.05) is 37.6 Å². The molecule has 32 heavy (non-hydrogen) atoms. The van der Waals surface area contributed by atoms with E-state index < -0.39 is 0 Å². The minimum Gasteiger partial charge on any atom is -0.487 e. The summed E-state index contributed by atoms with van der Waals surface area (Å²) in [6.45, 7) is 5.10. The first-order chi connectivity index (χ1) is 15.4. The Hall–Kier alpha value is -3.10. The molecule has 0 aromatic carbocycles. The van der Waals surface area contributed by atoms with Crippen molar-refractivity contribution in [1.29, 1.82) is 0 Å². The molecular weight excluding hydrogens is 430 g/mol. The number of likely N-dealkylation sites (N-methyl/N-ethyl adjacent to an activating group) is 1. The summed E-state index contributed by atoms with van der Waals surface area (Å²) in [4.78, 5) is 36.9. The van der Waals surface area contributed by atoms with E-state index in [0.717, 1.165) is 31.9 Å². The Morgan fingerprint density at radius 1 is 1.25 bits per heavy atom. The van der Waals surface area contributed by atoms with Crippen LogP contribution in [0.4, 0.5) is 5.82 Å². The highest BCUT2D eigenvalue weighted by molar-refractivity contribution is 6.30. The highest BCUT2D eigenvalue weighted by atomic mass is 35.5. The Labute approximate surface area is 191 Å². The summed E-state index contributed by atoms with van der Waals surface area (Å²) in [5.74, 6) is 1.17. The van der Waals surface area contributed by atoms with Crippen LogP contribution in [-0.4, -0.2) is 52.2 Å². The molecule has 1 atom stereocenters. The first-order valence-corrected chi connectivity index (χ1v) is 11.0. The molecule has 1 aliphatic rings. The van der Waals surface area contributed by atoms with Crippen LogP contribution in [0.2, 0.25) is 5.02 Å². The lowest BCUT2D eigenvalue weighted by atomic mass is 10.2. The molecule has 3 aromatic heterocycles. The number of aromatic nitrogens is 3. The molecule has 0 spiro atoms. The molecule has 0 saturated carbocycles. The van der Waals surface area contributed by atoms with Crippen molar-refractivity contribution in [2.24, 2.45) is 0 Å². The molecule has 168 valence electrons. The van der Waals surface area contributed by atoms with Gasteiger partial charge in [0.05, 0.1) is 10.7 Å². The van der Waals surface area contributed by atoms with E-state index in [9.17, 15) is 9.59 Å². The molecule has 1 unspecified atom stereocenters. The van der Waals surface area contributed by atoms with Crippen molar-refractivity contribution >= 4 is 17.4 Å². The summed E-state index contributed by atoms with van der Waals surface area (Å²) in [6, 6.07) is 10.5. The molecule has 0 aliphatic carbocycles. The number of H-pyrrole nitrogens is 1. The fourth-order valence-electron chi connectivity index (χ4n) is 3.81. The highest BCUT2D eigenvalue weighted by Crippen LogP contribution is 2.20. The van der Waals surface area contributed by atoms with Gasteiger partial charge in [-0.3, -0.25) is 19.1 Å². The molecule has 1 saturated heterocycles. The van der Waals surface area contributed by atoms with E-state index in [1.54, 1.807) is 36.7 Å². The number of ether oxygens (including phenoxy) is 1. The predicted octanol–water partition coefficient (Wildman–Crippen LogP) is 2.68. The van der Waals surface area contributed by atoms with Gasteiger partial charge in [-0.1, -0.05) is 18.5 Å². The van der Waals surface area contributed by atoms with Crippen molar-refractivity contribution in [3.8, 4) is 11.4 Å². The van der Waals surface area contributed by atoms with Crippen LogP contribution in [0.5, 0.6) is 5.75 Å².